The molecular weight excluding hydrogens is 459 g/mol. The molecule has 0 radical (unpaired) electrons. The summed E-state index contributed by atoms with van der Waals surface area (Å²) in [4.78, 5) is 24.2. The van der Waals surface area contributed by atoms with E-state index >= 15 is 0 Å². The lowest BCUT2D eigenvalue weighted by molar-refractivity contribution is -0.115. The van der Waals surface area contributed by atoms with Gasteiger partial charge in [0.2, 0.25) is 5.91 Å². The van der Waals surface area contributed by atoms with Gasteiger partial charge in [-0.25, -0.2) is 0 Å². The molecule has 0 saturated heterocycles. The van der Waals surface area contributed by atoms with E-state index in [-0.39, 0.29) is 18.4 Å². The Bertz CT molecular complexity index is 767. The Morgan fingerprint density at radius 3 is 2.59 bits per heavy atom. The predicted molar refractivity (Wildman–Crippen MR) is 113 cm³/mol. The molecule has 0 atom stereocenters. The second-order valence-electron chi connectivity index (χ2n) is 5.66. The molecular formula is C20H23IN2O4. The number of rotatable bonds is 10. The zero-order chi connectivity index (χ0) is 19.5. The van der Waals surface area contributed by atoms with Crippen molar-refractivity contribution in [2.45, 2.75) is 13.5 Å². The van der Waals surface area contributed by atoms with Crippen LogP contribution in [0.3, 0.4) is 0 Å². The van der Waals surface area contributed by atoms with Crippen molar-refractivity contribution in [2.75, 3.05) is 31.7 Å². The van der Waals surface area contributed by atoms with Crippen LogP contribution in [-0.2, 0) is 20.9 Å². The Kier molecular flexibility index (Phi) is 9.23. The molecule has 6 nitrogen and oxygen atoms in total. The van der Waals surface area contributed by atoms with Crippen molar-refractivity contribution in [3.63, 3.8) is 0 Å². The van der Waals surface area contributed by atoms with Gasteiger partial charge in [-0.3, -0.25) is 9.59 Å². The number of hydrogen-bond donors (Lipinski definition) is 2. The lowest BCUT2D eigenvalue weighted by Gasteiger charge is -2.10. The number of ether oxygens (including phenoxy) is 2. The maximum absolute atomic E-state index is 12.1. The van der Waals surface area contributed by atoms with E-state index < -0.39 is 0 Å². The normalized spacial score (nSPS) is 10.4. The Labute approximate surface area is 172 Å². The van der Waals surface area contributed by atoms with Crippen LogP contribution in [0, 0.1) is 3.57 Å². The molecule has 0 aromatic heterocycles. The highest BCUT2D eigenvalue weighted by atomic mass is 127. The van der Waals surface area contributed by atoms with E-state index in [9.17, 15) is 9.59 Å². The van der Waals surface area contributed by atoms with Gasteiger partial charge in [-0.2, -0.15) is 0 Å². The molecule has 0 spiro atoms. The number of carbonyl (C=O) groups is 2. The van der Waals surface area contributed by atoms with Gasteiger partial charge in [-0.05, 0) is 59.3 Å². The number of benzene rings is 2. The minimum Gasteiger partial charge on any atom is -0.379 e. The van der Waals surface area contributed by atoms with Gasteiger partial charge in [-0.1, -0.05) is 24.3 Å². The highest BCUT2D eigenvalue weighted by Gasteiger charge is 2.11. The third kappa shape index (κ3) is 7.66. The lowest BCUT2D eigenvalue weighted by Crippen LogP contribution is -2.33. The van der Waals surface area contributed by atoms with Crippen LogP contribution in [0.15, 0.2) is 48.5 Å². The van der Waals surface area contributed by atoms with Crippen LogP contribution in [-0.4, -0.2) is 38.2 Å². The fraction of sp³-hybridized carbons (Fsp3) is 0.300. The summed E-state index contributed by atoms with van der Waals surface area (Å²) in [7, 11) is 0. The van der Waals surface area contributed by atoms with E-state index in [1.54, 1.807) is 18.2 Å². The highest BCUT2D eigenvalue weighted by molar-refractivity contribution is 14.1. The van der Waals surface area contributed by atoms with Crippen molar-refractivity contribution < 1.29 is 19.1 Å². The molecule has 0 aliphatic carbocycles. The maximum atomic E-state index is 12.1. The number of amides is 2. The molecule has 2 N–H and O–H groups in total. The molecule has 0 unspecified atom stereocenters. The molecule has 2 amide bonds. The molecule has 0 aliphatic heterocycles. The van der Waals surface area contributed by atoms with E-state index in [4.69, 9.17) is 9.47 Å². The third-order valence-corrected chi connectivity index (χ3v) is 4.52. The van der Waals surface area contributed by atoms with Crippen LogP contribution in [0.4, 0.5) is 5.69 Å². The van der Waals surface area contributed by atoms with Crippen molar-refractivity contribution >= 4 is 40.1 Å². The summed E-state index contributed by atoms with van der Waals surface area (Å²) in [5, 5.41) is 5.41. The smallest absolute Gasteiger partial charge is 0.252 e. The van der Waals surface area contributed by atoms with E-state index in [2.05, 4.69) is 33.2 Å². The van der Waals surface area contributed by atoms with E-state index in [0.29, 0.717) is 37.7 Å². The Morgan fingerprint density at radius 1 is 1.04 bits per heavy atom. The SMILES string of the molecule is CCOCCOCc1cccc(NC(=O)CNC(=O)c2ccccc2I)c1. The van der Waals surface area contributed by atoms with Crippen LogP contribution in [0.1, 0.15) is 22.8 Å². The Morgan fingerprint density at radius 2 is 1.81 bits per heavy atom. The molecule has 0 fully saturated rings. The van der Waals surface area contributed by atoms with E-state index in [1.807, 2.05) is 37.3 Å². The van der Waals surface area contributed by atoms with Gasteiger partial charge in [0.25, 0.3) is 5.91 Å². The number of carbonyl (C=O) groups excluding carboxylic acids is 2. The van der Waals surface area contributed by atoms with Crippen molar-refractivity contribution in [2.24, 2.45) is 0 Å². The number of nitrogens with one attached hydrogen (secondary N) is 2. The van der Waals surface area contributed by atoms with Gasteiger partial charge >= 0.3 is 0 Å². The maximum Gasteiger partial charge on any atom is 0.252 e. The monoisotopic (exact) mass is 482 g/mol. The minimum absolute atomic E-state index is 0.0983. The number of anilines is 1. The predicted octanol–water partition coefficient (Wildman–Crippen LogP) is 3.21. The molecule has 0 aliphatic rings. The van der Waals surface area contributed by atoms with Crippen LogP contribution in [0.5, 0.6) is 0 Å². The zero-order valence-corrected chi connectivity index (χ0v) is 17.3. The van der Waals surface area contributed by atoms with Gasteiger partial charge in [-0.15, -0.1) is 0 Å². The average Bonchev–Trinajstić information content (AvgIpc) is 2.66. The van der Waals surface area contributed by atoms with Gasteiger partial charge in [0.1, 0.15) is 0 Å². The summed E-state index contributed by atoms with van der Waals surface area (Å²) >= 11 is 2.09. The third-order valence-electron chi connectivity index (χ3n) is 3.58. The van der Waals surface area contributed by atoms with Crippen molar-refractivity contribution in [3.05, 3.63) is 63.2 Å². The Balaban J connectivity index is 1.79. The summed E-state index contributed by atoms with van der Waals surface area (Å²) in [6.07, 6.45) is 0. The largest absolute Gasteiger partial charge is 0.379 e. The average molecular weight is 482 g/mol. The first-order valence-corrected chi connectivity index (χ1v) is 9.75. The highest BCUT2D eigenvalue weighted by Crippen LogP contribution is 2.12. The summed E-state index contributed by atoms with van der Waals surface area (Å²) in [5.41, 5.74) is 2.17. The van der Waals surface area contributed by atoms with Crippen LogP contribution >= 0.6 is 22.6 Å². The van der Waals surface area contributed by atoms with Crippen molar-refractivity contribution in [1.29, 1.82) is 0 Å². The molecule has 2 aromatic carbocycles. The van der Waals surface area contributed by atoms with Crippen LogP contribution in [0.2, 0.25) is 0 Å². The first kappa shape index (κ1) is 21.3. The molecule has 0 heterocycles. The van der Waals surface area contributed by atoms with Gasteiger partial charge in [0.15, 0.2) is 0 Å². The fourth-order valence-electron chi connectivity index (χ4n) is 2.30. The van der Waals surface area contributed by atoms with Gasteiger partial charge in [0.05, 0.1) is 31.9 Å². The molecule has 2 aromatic rings. The molecule has 27 heavy (non-hydrogen) atoms. The zero-order valence-electron chi connectivity index (χ0n) is 15.2. The number of halogens is 1. The fourth-order valence-corrected chi connectivity index (χ4v) is 2.93. The summed E-state index contributed by atoms with van der Waals surface area (Å²) in [6, 6.07) is 14.6. The van der Waals surface area contributed by atoms with Gasteiger partial charge < -0.3 is 20.1 Å². The molecule has 0 bridgehead atoms. The topological polar surface area (TPSA) is 76.7 Å². The van der Waals surface area contributed by atoms with Gasteiger partial charge in [0, 0.05) is 15.9 Å². The summed E-state index contributed by atoms with van der Waals surface area (Å²) in [5.74, 6) is -0.560. The lowest BCUT2D eigenvalue weighted by atomic mass is 10.2. The molecule has 7 heteroatoms. The minimum atomic E-state index is -0.288. The second-order valence-corrected chi connectivity index (χ2v) is 6.82. The summed E-state index contributed by atoms with van der Waals surface area (Å²) in [6.45, 7) is 4.04. The standard InChI is InChI=1S/C20H23IN2O4/c1-2-26-10-11-27-14-15-6-5-7-16(12-15)23-19(24)13-22-20(25)17-8-3-4-9-18(17)21/h3-9,12H,2,10-11,13-14H2,1H3,(H,22,25)(H,23,24). The van der Waals surface area contributed by atoms with Crippen molar-refractivity contribution in [1.82, 2.24) is 5.32 Å². The van der Waals surface area contributed by atoms with E-state index in [0.717, 1.165) is 9.13 Å². The Hall–Kier alpha value is -1.97. The van der Waals surface area contributed by atoms with Crippen molar-refractivity contribution in [3.8, 4) is 0 Å². The molecule has 0 saturated carbocycles. The quantitative estimate of drug-likeness (QED) is 0.403. The number of hydrogen-bond acceptors (Lipinski definition) is 4. The molecule has 144 valence electrons. The van der Waals surface area contributed by atoms with Crippen LogP contribution in [0.25, 0.3) is 0 Å². The molecule has 2 rings (SSSR count). The van der Waals surface area contributed by atoms with E-state index in [1.165, 1.54) is 0 Å². The first-order chi connectivity index (χ1) is 13.1. The summed E-state index contributed by atoms with van der Waals surface area (Å²) < 4.78 is 11.6. The van der Waals surface area contributed by atoms with Crippen LogP contribution < -0.4 is 10.6 Å². The second kappa shape index (κ2) is 11.7. The first-order valence-electron chi connectivity index (χ1n) is 8.67.